The molecule has 2 fully saturated rings. The first kappa shape index (κ1) is 18.0. The molecule has 2 atom stereocenters. The Morgan fingerprint density at radius 2 is 1.80 bits per heavy atom. The van der Waals surface area contributed by atoms with E-state index < -0.39 is 0 Å². The first-order valence-electron chi connectivity index (χ1n) is 8.70. The molecule has 0 saturated carbocycles. The van der Waals surface area contributed by atoms with Crippen molar-refractivity contribution in [1.29, 1.82) is 0 Å². The summed E-state index contributed by atoms with van der Waals surface area (Å²) in [5, 5.41) is 7.91. The van der Waals surface area contributed by atoms with Crippen LogP contribution in [-0.4, -0.2) is 46.8 Å². The number of carbonyl (C=O) groups excluding carboxylic acids is 1. The van der Waals surface area contributed by atoms with Gasteiger partial charge in [-0.2, -0.15) is 5.10 Å². The van der Waals surface area contributed by atoms with E-state index >= 15 is 0 Å². The Labute approximate surface area is 154 Å². The molecule has 2 saturated heterocycles. The molecule has 1 aromatic heterocycles. The molecule has 1 aromatic carbocycles. The lowest BCUT2D eigenvalue weighted by Crippen LogP contribution is -2.31. The summed E-state index contributed by atoms with van der Waals surface area (Å²) in [7, 11) is 0. The van der Waals surface area contributed by atoms with Gasteiger partial charge in [0.1, 0.15) is 0 Å². The van der Waals surface area contributed by atoms with Gasteiger partial charge in [-0.1, -0.05) is 12.1 Å². The van der Waals surface area contributed by atoms with Crippen LogP contribution >= 0.6 is 12.4 Å². The summed E-state index contributed by atoms with van der Waals surface area (Å²) in [6.07, 6.45) is 0. The van der Waals surface area contributed by atoms with Gasteiger partial charge in [-0.05, 0) is 49.4 Å². The molecule has 0 bridgehead atoms. The monoisotopic (exact) mass is 360 g/mol. The predicted octanol–water partition coefficient (Wildman–Crippen LogP) is 2.26. The summed E-state index contributed by atoms with van der Waals surface area (Å²) < 4.78 is 2.00. The fourth-order valence-corrected chi connectivity index (χ4v) is 3.96. The van der Waals surface area contributed by atoms with Crippen LogP contribution in [0.15, 0.2) is 30.3 Å². The Morgan fingerprint density at radius 1 is 1.16 bits per heavy atom. The van der Waals surface area contributed by atoms with Crippen molar-refractivity contribution in [3.05, 3.63) is 52.8 Å². The molecule has 0 radical (unpaired) electrons. The summed E-state index contributed by atoms with van der Waals surface area (Å²) in [6.45, 7) is 8.71. The lowest BCUT2D eigenvalue weighted by molar-refractivity contribution is 0.0781. The zero-order valence-electron chi connectivity index (χ0n) is 14.7. The molecule has 1 N–H and O–H groups in total. The zero-order chi connectivity index (χ0) is 16.7. The number of hydrogen-bond donors (Lipinski definition) is 1. The summed E-state index contributed by atoms with van der Waals surface area (Å²) in [4.78, 5) is 14.7. The van der Waals surface area contributed by atoms with Gasteiger partial charge in [0.2, 0.25) is 0 Å². The molecule has 1 amide bonds. The number of carbonyl (C=O) groups is 1. The van der Waals surface area contributed by atoms with E-state index in [0.29, 0.717) is 11.8 Å². The van der Waals surface area contributed by atoms with Crippen LogP contribution in [0.2, 0.25) is 0 Å². The van der Waals surface area contributed by atoms with Gasteiger partial charge in [0.05, 0.1) is 12.2 Å². The minimum Gasteiger partial charge on any atom is -0.338 e. The molecule has 2 aliphatic rings. The SMILES string of the molecule is Cc1cc(C)n(Cc2ccc(C(=O)N3C[C@H]4CNC[C@H]4C3)cc2)n1.Cl. The highest BCUT2D eigenvalue weighted by atomic mass is 35.5. The Bertz CT molecular complexity index is 743. The van der Waals surface area contributed by atoms with E-state index in [4.69, 9.17) is 0 Å². The van der Waals surface area contributed by atoms with E-state index in [1.807, 2.05) is 40.8 Å². The largest absolute Gasteiger partial charge is 0.338 e. The van der Waals surface area contributed by atoms with E-state index in [-0.39, 0.29) is 18.3 Å². The topological polar surface area (TPSA) is 50.2 Å². The van der Waals surface area contributed by atoms with Gasteiger partial charge in [-0.15, -0.1) is 12.4 Å². The van der Waals surface area contributed by atoms with Gasteiger partial charge in [-0.25, -0.2) is 0 Å². The number of hydrogen-bond acceptors (Lipinski definition) is 3. The highest BCUT2D eigenvalue weighted by Crippen LogP contribution is 2.27. The number of aryl methyl sites for hydroxylation is 2. The first-order chi connectivity index (χ1) is 11.6. The smallest absolute Gasteiger partial charge is 0.253 e. The second-order valence-electron chi connectivity index (χ2n) is 7.17. The van der Waals surface area contributed by atoms with Crippen LogP contribution in [0.5, 0.6) is 0 Å². The van der Waals surface area contributed by atoms with E-state index in [0.717, 1.165) is 49.7 Å². The minimum atomic E-state index is 0. The number of halogens is 1. The third kappa shape index (κ3) is 3.58. The summed E-state index contributed by atoms with van der Waals surface area (Å²) in [5.74, 6) is 1.44. The molecule has 6 heteroatoms. The number of nitrogens with zero attached hydrogens (tertiary/aromatic N) is 3. The molecule has 2 aliphatic heterocycles. The van der Waals surface area contributed by atoms with Gasteiger partial charge in [0.25, 0.3) is 5.91 Å². The van der Waals surface area contributed by atoms with E-state index in [9.17, 15) is 4.79 Å². The molecule has 4 rings (SSSR count). The van der Waals surface area contributed by atoms with Gasteiger partial charge in [-0.3, -0.25) is 9.48 Å². The van der Waals surface area contributed by atoms with Crippen molar-refractivity contribution >= 4 is 18.3 Å². The van der Waals surface area contributed by atoms with Crippen LogP contribution in [-0.2, 0) is 6.54 Å². The van der Waals surface area contributed by atoms with Crippen LogP contribution in [0, 0.1) is 25.7 Å². The Kier molecular flexibility index (Phi) is 5.16. The lowest BCUT2D eigenvalue weighted by atomic mass is 10.0. The van der Waals surface area contributed by atoms with Crippen LogP contribution in [0.4, 0.5) is 0 Å². The lowest BCUT2D eigenvalue weighted by Gasteiger charge is -2.17. The van der Waals surface area contributed by atoms with Crippen molar-refractivity contribution in [3.8, 4) is 0 Å². The van der Waals surface area contributed by atoms with Gasteiger partial charge in [0, 0.05) is 37.4 Å². The molecule has 2 aromatic rings. The minimum absolute atomic E-state index is 0. The Balaban J connectivity index is 0.00000182. The van der Waals surface area contributed by atoms with Crippen LogP contribution in [0.3, 0.4) is 0 Å². The third-order valence-corrected chi connectivity index (χ3v) is 5.31. The van der Waals surface area contributed by atoms with E-state index in [2.05, 4.69) is 23.4 Å². The molecule has 0 spiro atoms. The van der Waals surface area contributed by atoms with Crippen molar-refractivity contribution in [2.75, 3.05) is 26.2 Å². The molecule has 0 unspecified atom stereocenters. The maximum absolute atomic E-state index is 12.7. The third-order valence-electron chi connectivity index (χ3n) is 5.31. The number of benzene rings is 1. The molecule has 3 heterocycles. The fourth-order valence-electron chi connectivity index (χ4n) is 3.96. The zero-order valence-corrected chi connectivity index (χ0v) is 15.6. The number of nitrogens with one attached hydrogen (secondary N) is 1. The quantitative estimate of drug-likeness (QED) is 0.913. The molecule has 134 valence electrons. The van der Waals surface area contributed by atoms with Gasteiger partial charge in [0.15, 0.2) is 0 Å². The van der Waals surface area contributed by atoms with Crippen molar-refractivity contribution in [2.45, 2.75) is 20.4 Å². The number of amides is 1. The molecule has 0 aliphatic carbocycles. The summed E-state index contributed by atoms with van der Waals surface area (Å²) in [5.41, 5.74) is 4.15. The second kappa shape index (κ2) is 7.18. The Morgan fingerprint density at radius 3 is 2.36 bits per heavy atom. The van der Waals surface area contributed by atoms with Crippen molar-refractivity contribution < 1.29 is 4.79 Å². The van der Waals surface area contributed by atoms with Crippen molar-refractivity contribution in [3.63, 3.8) is 0 Å². The molecule has 5 nitrogen and oxygen atoms in total. The van der Waals surface area contributed by atoms with Crippen LogP contribution in [0.25, 0.3) is 0 Å². The number of fused-ring (bicyclic) bond motifs is 1. The van der Waals surface area contributed by atoms with Gasteiger partial charge < -0.3 is 10.2 Å². The predicted molar refractivity (Wildman–Crippen MR) is 100 cm³/mol. The molecular formula is C19H25ClN4O. The number of rotatable bonds is 3. The van der Waals surface area contributed by atoms with Crippen LogP contribution < -0.4 is 5.32 Å². The average molecular weight is 361 g/mol. The van der Waals surface area contributed by atoms with Crippen molar-refractivity contribution in [1.82, 2.24) is 20.0 Å². The number of aromatic nitrogens is 2. The van der Waals surface area contributed by atoms with Crippen LogP contribution in [0.1, 0.15) is 27.3 Å². The molecule has 25 heavy (non-hydrogen) atoms. The standard InChI is InChI=1S/C19H24N4O.ClH/c1-13-7-14(2)23(21-13)10-15-3-5-16(6-4-15)19(24)22-11-17-8-20-9-18(17)12-22;/h3-7,17-18,20H,8-12H2,1-2H3;1H/t17-,18+;. The first-order valence-corrected chi connectivity index (χ1v) is 8.70. The summed E-state index contributed by atoms with van der Waals surface area (Å²) in [6, 6.07) is 10.1. The number of likely N-dealkylation sites (tertiary alicyclic amines) is 1. The maximum atomic E-state index is 12.7. The highest BCUT2D eigenvalue weighted by molar-refractivity contribution is 5.94. The van der Waals surface area contributed by atoms with Gasteiger partial charge >= 0.3 is 0 Å². The molecular weight excluding hydrogens is 336 g/mol. The van der Waals surface area contributed by atoms with Crippen molar-refractivity contribution in [2.24, 2.45) is 11.8 Å². The maximum Gasteiger partial charge on any atom is 0.253 e. The second-order valence-corrected chi connectivity index (χ2v) is 7.17. The van der Waals surface area contributed by atoms with E-state index in [1.165, 1.54) is 5.56 Å². The summed E-state index contributed by atoms with van der Waals surface area (Å²) >= 11 is 0. The van der Waals surface area contributed by atoms with E-state index in [1.54, 1.807) is 0 Å². The fraction of sp³-hybridized carbons (Fsp3) is 0.474. The average Bonchev–Trinajstić information content (AvgIpc) is 3.23. The normalized spacial score (nSPS) is 21.9. The highest BCUT2D eigenvalue weighted by Gasteiger charge is 2.38. The Hall–Kier alpha value is -1.85.